The molecule has 0 spiro atoms. The van der Waals surface area contributed by atoms with Crippen LogP contribution in [0.25, 0.3) is 5.57 Å². The summed E-state index contributed by atoms with van der Waals surface area (Å²) in [6, 6.07) is 9.87. The standard InChI is InChI=1S/C23H25ClN2O2/c1-5-8-26-20-11-19(24)16(9-18(20)15(2)12-23(26,3)4)13-25-17-6-7-21-22(10-17)28-14-27-21/h6-7,9-13H,5,8,14H2,1-4H3. The molecular weight excluding hydrogens is 372 g/mol. The van der Waals surface area contributed by atoms with Crippen molar-refractivity contribution in [3.05, 3.63) is 52.6 Å². The van der Waals surface area contributed by atoms with Crippen molar-refractivity contribution in [3.63, 3.8) is 0 Å². The maximum Gasteiger partial charge on any atom is 0.231 e. The van der Waals surface area contributed by atoms with Crippen molar-refractivity contribution in [3.8, 4) is 11.5 Å². The number of halogens is 1. The Morgan fingerprint density at radius 3 is 2.75 bits per heavy atom. The van der Waals surface area contributed by atoms with Gasteiger partial charge in [0, 0.05) is 35.6 Å². The highest BCUT2D eigenvalue weighted by Crippen LogP contribution is 2.41. The third-order valence-corrected chi connectivity index (χ3v) is 5.58. The number of anilines is 1. The average Bonchev–Trinajstić information content (AvgIpc) is 3.11. The first-order chi connectivity index (χ1) is 13.4. The number of fused-ring (bicyclic) bond motifs is 2. The predicted molar refractivity (Wildman–Crippen MR) is 117 cm³/mol. The van der Waals surface area contributed by atoms with Crippen LogP contribution in [0.2, 0.25) is 5.02 Å². The van der Waals surface area contributed by atoms with Crippen molar-refractivity contribution in [2.75, 3.05) is 18.2 Å². The van der Waals surface area contributed by atoms with Crippen molar-refractivity contribution in [1.29, 1.82) is 0 Å². The molecule has 0 aliphatic carbocycles. The molecule has 4 nitrogen and oxygen atoms in total. The first-order valence-electron chi connectivity index (χ1n) is 9.64. The van der Waals surface area contributed by atoms with Crippen LogP contribution in [0.1, 0.15) is 45.2 Å². The molecule has 2 heterocycles. The second-order valence-corrected chi connectivity index (χ2v) is 8.23. The number of hydrogen-bond acceptors (Lipinski definition) is 4. The molecule has 0 saturated heterocycles. The highest BCUT2D eigenvalue weighted by Gasteiger charge is 2.31. The van der Waals surface area contributed by atoms with E-state index in [4.69, 9.17) is 21.1 Å². The van der Waals surface area contributed by atoms with Crippen molar-refractivity contribution < 1.29 is 9.47 Å². The summed E-state index contributed by atoms with van der Waals surface area (Å²) in [5, 5.41) is 0.704. The van der Waals surface area contributed by atoms with E-state index in [0.29, 0.717) is 5.02 Å². The van der Waals surface area contributed by atoms with Gasteiger partial charge in [-0.3, -0.25) is 4.99 Å². The zero-order valence-corrected chi connectivity index (χ0v) is 17.5. The molecule has 0 unspecified atom stereocenters. The number of aliphatic imine (C=N–C) groups is 1. The van der Waals surface area contributed by atoms with Gasteiger partial charge in [0.1, 0.15) is 0 Å². The summed E-state index contributed by atoms with van der Waals surface area (Å²) in [6.07, 6.45) is 5.23. The lowest BCUT2D eigenvalue weighted by molar-refractivity contribution is 0.174. The zero-order valence-electron chi connectivity index (χ0n) is 16.8. The quantitative estimate of drug-likeness (QED) is 0.574. The minimum Gasteiger partial charge on any atom is -0.454 e. The van der Waals surface area contributed by atoms with Gasteiger partial charge >= 0.3 is 0 Å². The molecule has 0 atom stereocenters. The monoisotopic (exact) mass is 396 g/mol. The number of ether oxygens (including phenoxy) is 2. The predicted octanol–water partition coefficient (Wildman–Crippen LogP) is 6.23. The summed E-state index contributed by atoms with van der Waals surface area (Å²) in [5.74, 6) is 1.48. The highest BCUT2D eigenvalue weighted by molar-refractivity contribution is 6.33. The molecule has 5 heteroatoms. The minimum atomic E-state index is -0.0293. The second-order valence-electron chi connectivity index (χ2n) is 7.82. The van der Waals surface area contributed by atoms with Crippen LogP contribution < -0.4 is 14.4 Å². The van der Waals surface area contributed by atoms with Crippen LogP contribution in [0.3, 0.4) is 0 Å². The minimum absolute atomic E-state index is 0.0293. The fourth-order valence-electron chi connectivity index (χ4n) is 3.96. The van der Waals surface area contributed by atoms with Gasteiger partial charge < -0.3 is 14.4 Å². The molecule has 2 aliphatic heterocycles. The number of nitrogens with zero attached hydrogens (tertiary/aromatic N) is 2. The van der Waals surface area contributed by atoms with Gasteiger partial charge in [-0.15, -0.1) is 0 Å². The Kier molecular flexibility index (Phi) is 4.84. The molecule has 0 amide bonds. The van der Waals surface area contributed by atoms with E-state index < -0.39 is 0 Å². The molecule has 2 aromatic rings. The summed E-state index contributed by atoms with van der Waals surface area (Å²) in [7, 11) is 0. The largest absolute Gasteiger partial charge is 0.454 e. The molecule has 2 aromatic carbocycles. The van der Waals surface area contributed by atoms with Gasteiger partial charge in [0.05, 0.1) is 16.2 Å². The van der Waals surface area contributed by atoms with Crippen LogP contribution in [0, 0.1) is 0 Å². The molecule has 0 radical (unpaired) electrons. The molecule has 0 N–H and O–H groups in total. The third-order valence-electron chi connectivity index (χ3n) is 5.25. The van der Waals surface area contributed by atoms with E-state index >= 15 is 0 Å². The van der Waals surface area contributed by atoms with E-state index in [9.17, 15) is 0 Å². The lowest BCUT2D eigenvalue weighted by Crippen LogP contribution is -2.45. The van der Waals surface area contributed by atoms with Crippen LogP contribution in [0.15, 0.2) is 41.4 Å². The molecular formula is C23H25ClN2O2. The average molecular weight is 397 g/mol. The van der Waals surface area contributed by atoms with Gasteiger partial charge in [-0.05, 0) is 57.0 Å². The van der Waals surface area contributed by atoms with E-state index in [-0.39, 0.29) is 12.3 Å². The summed E-state index contributed by atoms with van der Waals surface area (Å²) < 4.78 is 10.8. The first-order valence-corrected chi connectivity index (χ1v) is 10.0. The fraction of sp³-hybridized carbons (Fsp3) is 0.348. The number of benzene rings is 2. The fourth-order valence-corrected chi connectivity index (χ4v) is 4.16. The Bertz CT molecular complexity index is 979. The van der Waals surface area contributed by atoms with E-state index in [1.54, 1.807) is 0 Å². The number of allylic oxidation sites excluding steroid dienone is 1. The van der Waals surface area contributed by atoms with Crippen LogP contribution in [-0.4, -0.2) is 25.1 Å². The Morgan fingerprint density at radius 2 is 1.96 bits per heavy atom. The van der Waals surface area contributed by atoms with Crippen molar-refractivity contribution in [2.45, 2.75) is 39.7 Å². The lowest BCUT2D eigenvalue weighted by Gasteiger charge is -2.43. The molecule has 2 aliphatic rings. The highest BCUT2D eigenvalue weighted by atomic mass is 35.5. The molecule has 4 rings (SSSR count). The lowest BCUT2D eigenvalue weighted by atomic mass is 9.88. The van der Waals surface area contributed by atoms with Crippen molar-refractivity contribution in [2.24, 2.45) is 4.99 Å². The summed E-state index contributed by atoms with van der Waals surface area (Å²) >= 11 is 6.65. The first kappa shape index (κ1) is 18.9. The third kappa shape index (κ3) is 3.37. The Morgan fingerprint density at radius 1 is 1.18 bits per heavy atom. The number of hydrogen-bond donors (Lipinski definition) is 0. The van der Waals surface area contributed by atoms with E-state index in [1.165, 1.54) is 16.8 Å². The summed E-state index contributed by atoms with van der Waals surface area (Å²) in [4.78, 5) is 7.03. The van der Waals surface area contributed by atoms with Gasteiger partial charge in [-0.25, -0.2) is 0 Å². The van der Waals surface area contributed by atoms with Crippen molar-refractivity contribution >= 4 is 34.8 Å². The van der Waals surface area contributed by atoms with Crippen LogP contribution in [0.4, 0.5) is 11.4 Å². The number of rotatable bonds is 4. The van der Waals surface area contributed by atoms with Crippen LogP contribution >= 0.6 is 11.6 Å². The van der Waals surface area contributed by atoms with Gasteiger partial charge in [-0.2, -0.15) is 0 Å². The van der Waals surface area contributed by atoms with E-state index in [1.807, 2.05) is 24.4 Å². The van der Waals surface area contributed by atoms with Crippen LogP contribution in [0.5, 0.6) is 11.5 Å². The van der Waals surface area contributed by atoms with Gasteiger partial charge in [0.15, 0.2) is 11.5 Å². The summed E-state index contributed by atoms with van der Waals surface area (Å²) in [5.41, 5.74) is 5.35. The molecule has 146 valence electrons. The van der Waals surface area contributed by atoms with Crippen LogP contribution in [-0.2, 0) is 0 Å². The normalized spacial score (nSPS) is 17.0. The second kappa shape index (κ2) is 7.17. The Hall–Kier alpha value is -2.46. The maximum absolute atomic E-state index is 6.65. The van der Waals surface area contributed by atoms with Crippen molar-refractivity contribution in [1.82, 2.24) is 0 Å². The van der Waals surface area contributed by atoms with Gasteiger partial charge in [-0.1, -0.05) is 24.6 Å². The molecule has 0 aromatic heterocycles. The Balaban J connectivity index is 1.70. The molecule has 0 saturated carbocycles. The molecule has 0 fully saturated rings. The topological polar surface area (TPSA) is 34.1 Å². The SMILES string of the molecule is CCCN1c2cc(Cl)c(C=Nc3ccc4c(c3)OCO4)cc2C(C)=CC1(C)C. The molecule has 0 bridgehead atoms. The molecule has 28 heavy (non-hydrogen) atoms. The summed E-state index contributed by atoms with van der Waals surface area (Å²) in [6.45, 7) is 10.1. The van der Waals surface area contributed by atoms with E-state index in [0.717, 1.165) is 35.7 Å². The van der Waals surface area contributed by atoms with Gasteiger partial charge in [0.2, 0.25) is 6.79 Å². The smallest absolute Gasteiger partial charge is 0.231 e. The van der Waals surface area contributed by atoms with Gasteiger partial charge in [0.25, 0.3) is 0 Å². The zero-order chi connectivity index (χ0) is 19.9. The Labute approximate surface area is 171 Å². The van der Waals surface area contributed by atoms with E-state index in [2.05, 4.69) is 55.8 Å². The maximum atomic E-state index is 6.65.